The summed E-state index contributed by atoms with van der Waals surface area (Å²) in [4.78, 5) is 26.0. The zero-order valence-corrected chi connectivity index (χ0v) is 19.8. The molecule has 0 saturated carbocycles. The minimum Gasteiger partial charge on any atom is -0.389 e. The first-order valence-corrected chi connectivity index (χ1v) is 11.5. The standard InChI is InChI=1S/C25H24N8O2/c1-13-17-10-31-12-26-7-15(31)5-16(17)19-20-22-18(30(4)24(34)33(13)22)8-27-23(20)29-21(19)14-6-28-32(9-14)11-25(2,3)35/h5-10,12-13,35H,11H2,1-4H3,(H,27,29). The number of pyridine rings is 2. The van der Waals surface area contributed by atoms with E-state index in [9.17, 15) is 9.90 Å². The molecule has 10 nitrogen and oxygen atoms in total. The van der Waals surface area contributed by atoms with E-state index in [-0.39, 0.29) is 11.7 Å². The molecule has 6 aromatic heterocycles. The average molecular weight is 469 g/mol. The van der Waals surface area contributed by atoms with Crippen LogP contribution in [0.25, 0.3) is 50.0 Å². The van der Waals surface area contributed by atoms with E-state index in [1.165, 1.54) is 0 Å². The van der Waals surface area contributed by atoms with E-state index < -0.39 is 5.60 Å². The van der Waals surface area contributed by atoms with E-state index in [1.54, 1.807) is 48.9 Å². The highest BCUT2D eigenvalue weighted by Gasteiger charge is 2.31. The third-order valence-corrected chi connectivity index (χ3v) is 7.03. The number of hydrogen-bond donors (Lipinski definition) is 2. The van der Waals surface area contributed by atoms with Crippen molar-refractivity contribution >= 4 is 27.6 Å². The van der Waals surface area contributed by atoms with Gasteiger partial charge in [-0.3, -0.25) is 13.8 Å². The number of hydrogen-bond acceptors (Lipinski definition) is 5. The quantitative estimate of drug-likeness (QED) is 0.415. The van der Waals surface area contributed by atoms with Gasteiger partial charge in [0.25, 0.3) is 0 Å². The summed E-state index contributed by atoms with van der Waals surface area (Å²) < 4.78 is 7.26. The summed E-state index contributed by atoms with van der Waals surface area (Å²) in [5.74, 6) is 0. The van der Waals surface area contributed by atoms with Gasteiger partial charge in [-0.05, 0) is 38.0 Å². The number of H-pyrrole nitrogens is 1. The monoisotopic (exact) mass is 468 g/mol. The maximum absolute atomic E-state index is 13.4. The van der Waals surface area contributed by atoms with Crippen LogP contribution in [0.1, 0.15) is 32.4 Å². The molecule has 176 valence electrons. The van der Waals surface area contributed by atoms with Gasteiger partial charge in [0.15, 0.2) is 0 Å². The van der Waals surface area contributed by atoms with Gasteiger partial charge in [0.05, 0.1) is 70.7 Å². The van der Waals surface area contributed by atoms with Crippen molar-refractivity contribution in [3.8, 4) is 22.4 Å². The largest absolute Gasteiger partial charge is 0.389 e. The maximum Gasteiger partial charge on any atom is 0.329 e. The van der Waals surface area contributed by atoms with Crippen LogP contribution < -0.4 is 5.69 Å². The molecule has 1 aliphatic rings. The predicted octanol–water partition coefficient (Wildman–Crippen LogP) is 3.09. The molecule has 1 atom stereocenters. The van der Waals surface area contributed by atoms with E-state index in [1.807, 2.05) is 21.4 Å². The Morgan fingerprint density at radius 3 is 2.83 bits per heavy atom. The second-order valence-electron chi connectivity index (χ2n) is 10.1. The number of aryl methyl sites for hydroxylation is 1. The molecule has 1 aliphatic heterocycles. The highest BCUT2D eigenvalue weighted by atomic mass is 16.3. The van der Waals surface area contributed by atoms with Crippen molar-refractivity contribution in [2.75, 3.05) is 0 Å². The molecular formula is C25H24N8O2. The van der Waals surface area contributed by atoms with Gasteiger partial charge in [-0.15, -0.1) is 0 Å². The molecule has 10 heteroatoms. The summed E-state index contributed by atoms with van der Waals surface area (Å²) in [6, 6.07) is 1.93. The van der Waals surface area contributed by atoms with Crippen molar-refractivity contribution in [1.82, 2.24) is 38.3 Å². The van der Waals surface area contributed by atoms with Gasteiger partial charge >= 0.3 is 5.69 Å². The van der Waals surface area contributed by atoms with Crippen LogP contribution in [-0.2, 0) is 13.6 Å². The number of nitrogens with zero attached hydrogens (tertiary/aromatic N) is 7. The molecule has 7 heterocycles. The Bertz CT molecular complexity index is 1870. The van der Waals surface area contributed by atoms with Gasteiger partial charge in [-0.25, -0.2) is 14.8 Å². The molecule has 0 saturated heterocycles. The molecule has 0 spiro atoms. The molecule has 1 unspecified atom stereocenters. The molecule has 7 rings (SSSR count). The van der Waals surface area contributed by atoms with E-state index in [4.69, 9.17) is 4.98 Å². The zero-order valence-electron chi connectivity index (χ0n) is 19.8. The molecule has 0 aliphatic carbocycles. The second-order valence-corrected chi connectivity index (χ2v) is 10.1. The summed E-state index contributed by atoms with van der Waals surface area (Å²) in [6.07, 6.45) is 11.2. The molecule has 0 fully saturated rings. The molecule has 0 aromatic carbocycles. The first kappa shape index (κ1) is 20.2. The lowest BCUT2D eigenvalue weighted by molar-refractivity contribution is 0.0577. The molecule has 6 aromatic rings. The Labute approximate surface area is 199 Å². The average Bonchev–Trinajstić information content (AvgIpc) is 3.55. The van der Waals surface area contributed by atoms with Gasteiger partial charge in [0.2, 0.25) is 0 Å². The summed E-state index contributed by atoms with van der Waals surface area (Å²) in [6.45, 7) is 5.95. The summed E-state index contributed by atoms with van der Waals surface area (Å²) in [5, 5.41) is 15.7. The van der Waals surface area contributed by atoms with E-state index in [0.29, 0.717) is 12.2 Å². The fourth-order valence-electron chi connectivity index (χ4n) is 5.47. The highest BCUT2D eigenvalue weighted by molar-refractivity contribution is 6.15. The van der Waals surface area contributed by atoms with Gasteiger partial charge < -0.3 is 14.5 Å². The van der Waals surface area contributed by atoms with Crippen molar-refractivity contribution in [1.29, 1.82) is 0 Å². The number of aromatic amines is 1. The SMILES string of the molecule is CC1c2cn3cncc3cc2-c2c(-c3cnn(CC(C)(C)O)c3)[nH]c3ncc4c(c23)n1c(=O)n4C. The normalized spacial score (nSPS) is 15.5. The predicted molar refractivity (Wildman–Crippen MR) is 132 cm³/mol. The third kappa shape index (κ3) is 2.68. The van der Waals surface area contributed by atoms with Crippen LogP contribution in [-0.4, -0.2) is 49.0 Å². The summed E-state index contributed by atoms with van der Waals surface area (Å²) in [5.41, 5.74) is 7.18. The van der Waals surface area contributed by atoms with Gasteiger partial charge in [-0.2, -0.15) is 5.10 Å². The zero-order chi connectivity index (χ0) is 24.2. The minimum atomic E-state index is -0.890. The van der Waals surface area contributed by atoms with Crippen LogP contribution in [0.15, 0.2) is 48.2 Å². The van der Waals surface area contributed by atoms with Crippen molar-refractivity contribution in [2.45, 2.75) is 39.0 Å². The molecular weight excluding hydrogens is 444 g/mol. The molecule has 0 amide bonds. The maximum atomic E-state index is 13.4. The molecule has 0 radical (unpaired) electrons. The molecule has 0 bridgehead atoms. The Morgan fingerprint density at radius 1 is 1.20 bits per heavy atom. The van der Waals surface area contributed by atoms with Crippen molar-refractivity contribution in [3.05, 3.63) is 59.4 Å². The Kier molecular flexibility index (Phi) is 3.74. The first-order chi connectivity index (χ1) is 16.7. The topological polar surface area (TPSA) is 111 Å². The molecule has 2 N–H and O–H groups in total. The number of fused-ring (bicyclic) bond motifs is 3. The Hall–Kier alpha value is -4.18. The van der Waals surface area contributed by atoms with Gasteiger partial charge in [0.1, 0.15) is 5.65 Å². The van der Waals surface area contributed by atoms with Crippen LogP contribution in [0.2, 0.25) is 0 Å². The van der Waals surface area contributed by atoms with Crippen LogP contribution in [0, 0.1) is 0 Å². The second kappa shape index (κ2) is 6.48. The smallest absolute Gasteiger partial charge is 0.329 e. The minimum absolute atomic E-state index is 0.0768. The Balaban J connectivity index is 1.63. The van der Waals surface area contributed by atoms with E-state index >= 15 is 0 Å². The van der Waals surface area contributed by atoms with Crippen LogP contribution in [0.3, 0.4) is 0 Å². The number of rotatable bonds is 3. The van der Waals surface area contributed by atoms with E-state index in [0.717, 1.165) is 49.9 Å². The fourth-order valence-corrected chi connectivity index (χ4v) is 5.47. The lowest BCUT2D eigenvalue weighted by Gasteiger charge is -2.17. The Morgan fingerprint density at radius 2 is 2.03 bits per heavy atom. The van der Waals surface area contributed by atoms with Gasteiger partial charge in [-0.1, -0.05) is 0 Å². The van der Waals surface area contributed by atoms with Crippen molar-refractivity contribution < 1.29 is 5.11 Å². The lowest BCUT2D eigenvalue weighted by Crippen LogP contribution is -2.26. The third-order valence-electron chi connectivity index (χ3n) is 7.03. The van der Waals surface area contributed by atoms with E-state index in [2.05, 4.69) is 34.3 Å². The summed E-state index contributed by atoms with van der Waals surface area (Å²) >= 11 is 0. The highest BCUT2D eigenvalue weighted by Crippen LogP contribution is 2.46. The van der Waals surface area contributed by atoms with Crippen LogP contribution >= 0.6 is 0 Å². The van der Waals surface area contributed by atoms with Crippen molar-refractivity contribution in [2.24, 2.45) is 7.05 Å². The number of nitrogens with one attached hydrogen (secondary N) is 1. The fraction of sp³-hybridized carbons (Fsp3) is 0.280. The van der Waals surface area contributed by atoms with Crippen molar-refractivity contribution in [3.63, 3.8) is 0 Å². The first-order valence-electron chi connectivity index (χ1n) is 11.5. The summed E-state index contributed by atoms with van der Waals surface area (Å²) in [7, 11) is 1.79. The lowest BCUT2D eigenvalue weighted by atomic mass is 9.95. The van der Waals surface area contributed by atoms with Gasteiger partial charge in [0, 0.05) is 30.6 Å². The van der Waals surface area contributed by atoms with Crippen LogP contribution in [0.4, 0.5) is 0 Å². The number of imidazole rings is 2. The number of aliphatic hydroxyl groups is 1. The van der Waals surface area contributed by atoms with Crippen LogP contribution in [0.5, 0.6) is 0 Å². The molecule has 35 heavy (non-hydrogen) atoms. The number of aromatic nitrogens is 8.